The number of aromatic nitrogens is 2. The van der Waals surface area contributed by atoms with E-state index in [2.05, 4.69) is 10.1 Å². The van der Waals surface area contributed by atoms with Crippen molar-refractivity contribution in [3.05, 3.63) is 250 Å². The molecule has 0 saturated carbocycles. The predicted octanol–water partition coefficient (Wildman–Crippen LogP) is 9.27. The summed E-state index contributed by atoms with van der Waals surface area (Å²) in [6, 6.07) is 64.5. The number of carbonyl (C=O) groups excluding carboxylic acids is 3. The van der Waals surface area contributed by atoms with Gasteiger partial charge in [0.1, 0.15) is 23.3 Å². The minimum atomic E-state index is -3.50. The summed E-state index contributed by atoms with van der Waals surface area (Å²) in [6.07, 6.45) is -1.35. The number of hydrogen-bond donors (Lipinski definition) is 0. The fourth-order valence-corrected chi connectivity index (χ4v) is 15.4. The number of esters is 2. The second kappa shape index (κ2) is 20.2. The standard InChI is InChI=1S/C55H45N4O8PS/c1-38-56-50(57-67-38)49(66-39(2)60)48-51(61)58(53(48)69-55(41-21-9-3-10-22-41,42-23-11-4-12-24-42)43-25-13-5-14-26-43)52(54(62)65-37-40-33-35-44(36-34-40)59(63)64)68(45-27-15-6-16-28-45,46-29-17-7-18-30-46)47-31-19-8-20-32-47/h3-36,48-49,53H,37H2,1-2H3. The average molecular weight is 953 g/mol. The molecule has 12 nitrogen and oxygen atoms in total. The number of nitro benzene ring substituents is 1. The van der Waals surface area contributed by atoms with Gasteiger partial charge in [0.25, 0.3) is 5.69 Å². The van der Waals surface area contributed by atoms with E-state index < -0.39 is 51.8 Å². The Morgan fingerprint density at radius 2 is 1.14 bits per heavy atom. The van der Waals surface area contributed by atoms with E-state index in [1.165, 1.54) is 43.0 Å². The Balaban J connectivity index is 1.38. The van der Waals surface area contributed by atoms with Crippen molar-refractivity contribution in [2.75, 3.05) is 0 Å². The van der Waals surface area contributed by atoms with Gasteiger partial charge in [0.2, 0.25) is 17.6 Å². The van der Waals surface area contributed by atoms with E-state index in [1.54, 1.807) is 11.8 Å². The minimum absolute atomic E-state index is 0.00596. The molecule has 1 saturated heterocycles. The molecular formula is C55H45N4O8PS. The van der Waals surface area contributed by atoms with Crippen LogP contribution in [0.2, 0.25) is 0 Å². The number of benzene rings is 7. The Kier molecular flexibility index (Phi) is 13.5. The molecule has 8 aromatic rings. The van der Waals surface area contributed by atoms with Crippen LogP contribution in [0.15, 0.2) is 211 Å². The number of nitro groups is 1. The van der Waals surface area contributed by atoms with Gasteiger partial charge in [-0.3, -0.25) is 24.6 Å². The molecule has 7 aromatic carbocycles. The number of likely N-dealkylation sites (tertiary alicyclic amines) is 1. The zero-order valence-corrected chi connectivity index (χ0v) is 39.2. The van der Waals surface area contributed by atoms with E-state index in [1.807, 2.05) is 182 Å². The Bertz CT molecular complexity index is 2940. The first kappa shape index (κ1) is 46.3. The molecule has 0 radical (unpaired) electrons. The van der Waals surface area contributed by atoms with Crippen molar-refractivity contribution in [2.45, 2.75) is 36.7 Å². The van der Waals surface area contributed by atoms with Crippen molar-refractivity contribution in [1.82, 2.24) is 15.0 Å². The van der Waals surface area contributed by atoms with Gasteiger partial charge >= 0.3 is 11.9 Å². The number of hydrogen-bond acceptors (Lipinski definition) is 11. The molecule has 0 bridgehead atoms. The van der Waals surface area contributed by atoms with E-state index >= 15 is 9.59 Å². The number of aryl methyl sites for hydroxylation is 1. The number of rotatable bonds is 16. The van der Waals surface area contributed by atoms with Gasteiger partial charge in [-0.05, 0) is 50.3 Å². The summed E-state index contributed by atoms with van der Waals surface area (Å²) in [5.74, 6) is -3.00. The molecule has 0 N–H and O–H groups in total. The lowest BCUT2D eigenvalue weighted by Crippen LogP contribution is -2.67. The van der Waals surface area contributed by atoms with Gasteiger partial charge in [-0.15, -0.1) is 11.8 Å². The zero-order chi connectivity index (χ0) is 48.0. The quantitative estimate of drug-likeness (QED) is 0.0227. The summed E-state index contributed by atoms with van der Waals surface area (Å²) in [5, 5.41) is 17.1. The van der Waals surface area contributed by atoms with Crippen LogP contribution >= 0.6 is 18.6 Å². The molecule has 9 rings (SSSR count). The molecule has 0 aliphatic carbocycles. The SMILES string of the molecule is CC(=O)OC(c1noc(C)n1)C1C(=O)N(C(C(=O)OCc2ccc([N+](=O)[O-])cc2)=P(c2ccccc2)(c2ccccc2)c2ccccc2)C1SC(c1ccccc1)(c1ccccc1)c1ccccc1. The van der Waals surface area contributed by atoms with Crippen LogP contribution in [-0.4, -0.2) is 48.6 Å². The van der Waals surface area contributed by atoms with E-state index in [9.17, 15) is 14.9 Å². The van der Waals surface area contributed by atoms with Crippen LogP contribution in [0.25, 0.3) is 0 Å². The van der Waals surface area contributed by atoms with Crippen LogP contribution < -0.4 is 15.9 Å². The van der Waals surface area contributed by atoms with Gasteiger partial charge < -0.3 is 14.0 Å². The van der Waals surface area contributed by atoms with Gasteiger partial charge in [0.15, 0.2) is 6.10 Å². The van der Waals surface area contributed by atoms with Crippen LogP contribution in [0.4, 0.5) is 5.69 Å². The number of carbonyl (C=O) groups is 3. The number of ether oxygens (including phenoxy) is 2. The molecular weight excluding hydrogens is 908 g/mol. The van der Waals surface area contributed by atoms with Crippen molar-refractivity contribution in [1.29, 1.82) is 0 Å². The normalized spacial score (nSPS) is 15.1. The first-order valence-electron chi connectivity index (χ1n) is 22.1. The minimum Gasteiger partial charge on any atom is -0.456 e. The van der Waals surface area contributed by atoms with Crippen LogP contribution in [0.3, 0.4) is 0 Å². The van der Waals surface area contributed by atoms with E-state index in [-0.39, 0.29) is 29.4 Å². The molecule has 1 fully saturated rings. The van der Waals surface area contributed by atoms with Gasteiger partial charge in [0.05, 0.1) is 9.67 Å². The Labute approximate surface area is 403 Å². The predicted molar refractivity (Wildman–Crippen MR) is 268 cm³/mol. The number of non-ortho nitro benzene ring substituents is 1. The molecule has 3 atom stereocenters. The first-order chi connectivity index (χ1) is 33.6. The highest BCUT2D eigenvalue weighted by molar-refractivity contribution is 8.01. The molecule has 1 amide bonds. The number of thioether (sulfide) groups is 1. The Morgan fingerprint density at radius 1 is 0.710 bits per heavy atom. The van der Waals surface area contributed by atoms with Gasteiger partial charge in [0, 0.05) is 32.9 Å². The molecule has 1 aromatic heterocycles. The summed E-state index contributed by atoms with van der Waals surface area (Å²) in [7, 11) is 0. The first-order valence-corrected chi connectivity index (χ1v) is 24.8. The lowest BCUT2D eigenvalue weighted by Gasteiger charge is -2.53. The van der Waals surface area contributed by atoms with Crippen LogP contribution in [-0.2, 0) is 35.2 Å². The van der Waals surface area contributed by atoms with Crippen molar-refractivity contribution in [3.63, 3.8) is 0 Å². The van der Waals surface area contributed by atoms with E-state index in [4.69, 9.17) is 14.0 Å². The number of amides is 1. The molecule has 0 spiro atoms. The van der Waals surface area contributed by atoms with Crippen molar-refractivity contribution in [2.24, 2.45) is 5.92 Å². The Morgan fingerprint density at radius 3 is 1.54 bits per heavy atom. The third-order valence-electron chi connectivity index (χ3n) is 12.0. The fraction of sp³-hybridized carbons (Fsp3) is 0.127. The summed E-state index contributed by atoms with van der Waals surface area (Å²) in [5.41, 5.74) is 3.08. The molecule has 2 heterocycles. The van der Waals surface area contributed by atoms with Gasteiger partial charge in [-0.25, -0.2) is 4.79 Å². The van der Waals surface area contributed by atoms with E-state index in [0.717, 1.165) is 32.6 Å². The second-order valence-corrected chi connectivity index (χ2v) is 20.9. The van der Waals surface area contributed by atoms with Crippen molar-refractivity contribution in [3.8, 4) is 0 Å². The lowest BCUT2D eigenvalue weighted by molar-refractivity contribution is -0.384. The topological polar surface area (TPSA) is 155 Å². The maximum Gasteiger partial charge on any atom is 0.356 e. The third-order valence-corrected chi connectivity index (χ3v) is 18.1. The van der Waals surface area contributed by atoms with Gasteiger partial charge in [-0.1, -0.05) is 187 Å². The monoisotopic (exact) mass is 952 g/mol. The molecule has 1 aliphatic rings. The highest BCUT2D eigenvalue weighted by Crippen LogP contribution is 2.59. The smallest absolute Gasteiger partial charge is 0.356 e. The molecule has 3 unspecified atom stereocenters. The maximum absolute atomic E-state index is 16.1. The van der Waals surface area contributed by atoms with Crippen LogP contribution in [0.5, 0.6) is 0 Å². The third kappa shape index (κ3) is 8.90. The number of nitrogens with zero attached hydrogens (tertiary/aromatic N) is 4. The molecule has 14 heteroatoms. The largest absolute Gasteiger partial charge is 0.456 e. The highest BCUT2D eigenvalue weighted by atomic mass is 32.2. The molecule has 69 heavy (non-hydrogen) atoms. The second-order valence-electron chi connectivity index (χ2n) is 16.2. The summed E-state index contributed by atoms with van der Waals surface area (Å²) in [4.78, 5) is 62.5. The summed E-state index contributed by atoms with van der Waals surface area (Å²) < 4.78 is 16.9. The van der Waals surface area contributed by atoms with Crippen molar-refractivity contribution >= 4 is 63.5 Å². The highest BCUT2D eigenvalue weighted by Gasteiger charge is 2.61. The fourth-order valence-electron chi connectivity index (χ4n) is 9.01. The lowest BCUT2D eigenvalue weighted by atomic mass is 9.84. The molecule has 1 aliphatic heterocycles. The molecule has 344 valence electrons. The average Bonchev–Trinajstić information content (AvgIpc) is 3.84. The summed E-state index contributed by atoms with van der Waals surface area (Å²) in [6.45, 7) is -0.911. The van der Waals surface area contributed by atoms with Crippen molar-refractivity contribution < 1.29 is 33.3 Å². The van der Waals surface area contributed by atoms with Crippen LogP contribution in [0, 0.1) is 23.0 Å². The Hall–Kier alpha value is -7.86. The van der Waals surface area contributed by atoms with E-state index in [0.29, 0.717) is 5.56 Å². The van der Waals surface area contributed by atoms with Gasteiger partial charge in [-0.2, -0.15) is 4.98 Å². The summed E-state index contributed by atoms with van der Waals surface area (Å²) >= 11 is 1.43. The zero-order valence-electron chi connectivity index (χ0n) is 37.5. The van der Waals surface area contributed by atoms with Crippen LogP contribution in [0.1, 0.15) is 47.0 Å². The maximum atomic E-state index is 16.1. The number of β-lactam (4-membered cyclic amide) rings is 1.